The Labute approximate surface area is 123 Å². The Kier molecular flexibility index (Phi) is 3.42. The molecule has 2 aliphatic rings. The van der Waals surface area contributed by atoms with E-state index in [2.05, 4.69) is 16.2 Å². The maximum atomic E-state index is 11.7. The molecule has 21 heavy (non-hydrogen) atoms. The zero-order chi connectivity index (χ0) is 16.4. The molecule has 0 aliphatic carbocycles. The molecule has 2 radical (unpaired) electrons. The molecule has 0 aromatic rings. The summed E-state index contributed by atoms with van der Waals surface area (Å²) in [5, 5.41) is -3.56. The number of nitrogens with zero attached hydrogens (tertiary/aromatic N) is 2. The first-order valence-corrected chi connectivity index (χ1v) is 12.3. The predicted octanol–water partition coefficient (Wildman–Crippen LogP) is -2.16. The molecule has 2 aliphatic heterocycles. The van der Waals surface area contributed by atoms with Crippen LogP contribution in [0.5, 0.6) is 0 Å². The van der Waals surface area contributed by atoms with Crippen LogP contribution in [0.1, 0.15) is 0 Å². The molecular formula is C6H4ClN2O8S4+. The first-order chi connectivity index (χ1) is 9.22. The monoisotopic (exact) mass is 395 g/mol. The minimum Gasteiger partial charge on any atom is -0.212 e. The van der Waals surface area contributed by atoms with Crippen molar-refractivity contribution < 1.29 is 33.7 Å². The van der Waals surface area contributed by atoms with Crippen LogP contribution in [0.2, 0.25) is 0 Å². The van der Waals surface area contributed by atoms with Gasteiger partial charge in [0.2, 0.25) is 0 Å². The lowest BCUT2D eigenvalue weighted by molar-refractivity contribution is 0.588. The minimum absolute atomic E-state index is 0.626. The topological polar surface area (TPSA) is 163 Å². The van der Waals surface area contributed by atoms with Crippen molar-refractivity contribution in [3.63, 3.8) is 0 Å². The Balaban J connectivity index is 2.88. The fraction of sp³-hybridized carbons (Fsp3) is 0.167. The Morgan fingerprint density at radius 2 is 1.67 bits per heavy atom. The van der Waals surface area contributed by atoms with Crippen molar-refractivity contribution in [1.82, 2.24) is 4.99 Å². The van der Waals surface area contributed by atoms with Crippen LogP contribution in [-0.2, 0) is 35.5 Å². The van der Waals surface area contributed by atoms with Crippen LogP contribution in [0.4, 0.5) is 0 Å². The van der Waals surface area contributed by atoms with Crippen LogP contribution in [0, 0.1) is 6.26 Å². The third kappa shape index (κ3) is 2.25. The SMILES string of the molecule is [CH2]S(=O)(=O)S(=O)(=O)C1=[N+]C2=NC(=C1Cl)CS(=O)(=O)S2(=O)=O. The smallest absolute Gasteiger partial charge is 0.212 e. The molecular weight excluding hydrogens is 392 g/mol. The largest absolute Gasteiger partial charge is 0.474 e. The van der Waals surface area contributed by atoms with Crippen LogP contribution in [0.25, 0.3) is 0 Å². The number of amidine groups is 1. The molecule has 10 nitrogen and oxygen atoms in total. The third-order valence-corrected chi connectivity index (χ3v) is 11.5. The normalized spacial score (nSPS) is 24.3. The highest BCUT2D eigenvalue weighted by Gasteiger charge is 2.55. The Morgan fingerprint density at radius 3 is 2.14 bits per heavy atom. The lowest BCUT2D eigenvalue weighted by atomic mass is 10.4. The van der Waals surface area contributed by atoms with Crippen LogP contribution >= 0.6 is 11.6 Å². The molecule has 116 valence electrons. The molecule has 0 spiro atoms. The summed E-state index contributed by atoms with van der Waals surface area (Å²) in [5.74, 6) is -1.19. The number of halogens is 1. The summed E-state index contributed by atoms with van der Waals surface area (Å²) in [5.41, 5.74) is -0.626. The number of hydrogen-bond donors (Lipinski definition) is 0. The van der Waals surface area contributed by atoms with Crippen molar-refractivity contribution in [3.05, 3.63) is 17.0 Å². The van der Waals surface area contributed by atoms with Gasteiger partial charge in [-0.25, -0.2) is 25.3 Å². The van der Waals surface area contributed by atoms with Gasteiger partial charge >= 0.3 is 27.9 Å². The molecule has 0 amide bonds. The Hall–Kier alpha value is -0.830. The molecule has 0 saturated heterocycles. The first-order valence-electron chi connectivity index (χ1n) is 4.59. The fourth-order valence-corrected chi connectivity index (χ4v) is 6.95. The van der Waals surface area contributed by atoms with Crippen molar-refractivity contribution in [3.8, 4) is 0 Å². The van der Waals surface area contributed by atoms with E-state index in [1.807, 2.05) is 0 Å². The average molecular weight is 396 g/mol. The van der Waals surface area contributed by atoms with Gasteiger partial charge < -0.3 is 0 Å². The molecule has 0 aromatic carbocycles. The van der Waals surface area contributed by atoms with Gasteiger partial charge in [-0.15, -0.1) is 0 Å². The maximum Gasteiger partial charge on any atom is 0.474 e. The summed E-state index contributed by atoms with van der Waals surface area (Å²) in [7, 11) is -19.9. The van der Waals surface area contributed by atoms with E-state index in [1.54, 1.807) is 0 Å². The van der Waals surface area contributed by atoms with Gasteiger partial charge in [0, 0.05) is 0 Å². The second-order valence-electron chi connectivity index (χ2n) is 3.74. The van der Waals surface area contributed by atoms with E-state index in [0.717, 1.165) is 0 Å². The summed E-state index contributed by atoms with van der Waals surface area (Å²) >= 11 is 5.57. The van der Waals surface area contributed by atoms with Crippen molar-refractivity contribution in [2.24, 2.45) is 4.99 Å². The number of aliphatic imine (C=N–C) groups is 2. The van der Waals surface area contributed by atoms with E-state index in [9.17, 15) is 33.7 Å². The van der Waals surface area contributed by atoms with E-state index in [0.29, 0.717) is 0 Å². The average Bonchev–Trinajstić information content (AvgIpc) is 2.27. The van der Waals surface area contributed by atoms with Crippen LogP contribution in [0.15, 0.2) is 15.7 Å². The fourth-order valence-electron chi connectivity index (χ4n) is 1.30. The third-order valence-electron chi connectivity index (χ3n) is 2.31. The Morgan fingerprint density at radius 1 is 1.14 bits per heavy atom. The van der Waals surface area contributed by atoms with Gasteiger partial charge in [-0.1, -0.05) is 11.6 Å². The zero-order valence-corrected chi connectivity index (χ0v) is 13.6. The second-order valence-corrected chi connectivity index (χ2v) is 14.9. The summed E-state index contributed by atoms with van der Waals surface area (Å²) in [6, 6.07) is 0. The van der Waals surface area contributed by atoms with Crippen molar-refractivity contribution in [2.75, 3.05) is 5.75 Å². The number of rotatable bonds is 1. The van der Waals surface area contributed by atoms with Crippen molar-refractivity contribution in [2.45, 2.75) is 0 Å². The highest BCUT2D eigenvalue weighted by molar-refractivity contribution is 8.74. The summed E-state index contributed by atoms with van der Waals surface area (Å²) in [6.45, 7) is 0. The summed E-state index contributed by atoms with van der Waals surface area (Å²) in [6.07, 6.45) is 2.43. The first kappa shape index (κ1) is 16.5. The van der Waals surface area contributed by atoms with Crippen molar-refractivity contribution >= 4 is 57.3 Å². The molecule has 2 heterocycles. The molecule has 0 unspecified atom stereocenters. The lowest BCUT2D eigenvalue weighted by Gasteiger charge is -2.11. The molecule has 0 saturated carbocycles. The highest BCUT2D eigenvalue weighted by atomic mass is 35.5. The van der Waals surface area contributed by atoms with Gasteiger partial charge in [-0.05, 0) is 9.98 Å². The Bertz CT molecular complexity index is 1060. The van der Waals surface area contributed by atoms with E-state index in [4.69, 9.17) is 11.6 Å². The molecule has 0 fully saturated rings. The standard InChI is InChI=1S/C6H4ClN2O8S4/c1-18(10,11)20(14,15)5-4(7)3-2-19(12,13)21(16,17)6(8-3)9-5/h1-2H2/q+1. The molecule has 15 heteroatoms. The highest BCUT2D eigenvalue weighted by Crippen LogP contribution is 2.29. The van der Waals surface area contributed by atoms with Gasteiger partial charge in [-0.3, -0.25) is 0 Å². The molecule has 0 atom stereocenters. The molecule has 0 aromatic heterocycles. The van der Waals surface area contributed by atoms with Gasteiger partial charge in [0.1, 0.15) is 5.75 Å². The zero-order valence-electron chi connectivity index (χ0n) is 9.59. The lowest BCUT2D eigenvalue weighted by Crippen LogP contribution is -2.41. The molecule has 0 N–H and O–H groups in total. The van der Waals surface area contributed by atoms with Gasteiger partial charge in [0.25, 0.3) is 17.7 Å². The van der Waals surface area contributed by atoms with Crippen LogP contribution in [0.3, 0.4) is 0 Å². The van der Waals surface area contributed by atoms with Gasteiger partial charge in [0.05, 0.1) is 6.26 Å². The second kappa shape index (κ2) is 4.34. The van der Waals surface area contributed by atoms with E-state index >= 15 is 0 Å². The van der Waals surface area contributed by atoms with Gasteiger partial charge in [-0.2, -0.15) is 8.42 Å². The van der Waals surface area contributed by atoms with Gasteiger partial charge in [0.15, 0.2) is 10.7 Å². The van der Waals surface area contributed by atoms with Crippen LogP contribution < -0.4 is 4.99 Å². The van der Waals surface area contributed by atoms with Crippen LogP contribution in [-0.4, -0.2) is 49.6 Å². The summed E-state index contributed by atoms with van der Waals surface area (Å²) in [4.78, 5) is 6.26. The maximum absolute atomic E-state index is 11.7. The van der Waals surface area contributed by atoms with Crippen molar-refractivity contribution in [1.29, 1.82) is 0 Å². The quantitative estimate of drug-likeness (QED) is 0.453. The van der Waals surface area contributed by atoms with E-state index in [-0.39, 0.29) is 0 Å². The van der Waals surface area contributed by atoms with E-state index < -0.39 is 62.2 Å². The minimum atomic E-state index is -5.20. The predicted molar refractivity (Wildman–Crippen MR) is 73.4 cm³/mol. The molecule has 2 rings (SSSR count). The number of hydrogen-bond acceptors (Lipinski definition) is 10. The summed E-state index contributed by atoms with van der Waals surface area (Å²) < 4.78 is 92.0. The number of fused-ring (bicyclic) bond motifs is 1. The molecule has 2 bridgehead atoms. The van der Waals surface area contributed by atoms with E-state index in [1.165, 1.54) is 0 Å².